The summed E-state index contributed by atoms with van der Waals surface area (Å²) in [7, 11) is -3.93. The Morgan fingerprint density at radius 3 is 2.62 bits per heavy atom. The van der Waals surface area contributed by atoms with Crippen LogP contribution >= 0.6 is 34.4 Å². The van der Waals surface area contributed by atoms with Crippen LogP contribution in [0.1, 0.15) is 13.8 Å². The van der Waals surface area contributed by atoms with Crippen LogP contribution in [0.5, 0.6) is 0 Å². The molecule has 0 aromatic carbocycles. The quantitative estimate of drug-likeness (QED) is 0.387. The van der Waals surface area contributed by atoms with E-state index in [-0.39, 0.29) is 26.4 Å². The van der Waals surface area contributed by atoms with Crippen LogP contribution in [0.25, 0.3) is 0 Å². The monoisotopic (exact) mass is 406 g/mol. The summed E-state index contributed by atoms with van der Waals surface area (Å²) in [4.78, 5) is 11.6. The molecule has 130 valence electrons. The van der Waals surface area contributed by atoms with Gasteiger partial charge in [0.15, 0.2) is 4.34 Å². The number of nitrogens with zero attached hydrogens (tertiary/aromatic N) is 4. The third-order valence-electron chi connectivity index (χ3n) is 2.34. The molecule has 0 aliphatic rings. The SMILES string of the molecule is C=CCSc1nnc(NS(=O)(=O)c2nnc(NC(=O)C(C)C)s2)s1. The molecule has 0 saturated heterocycles. The van der Waals surface area contributed by atoms with Gasteiger partial charge in [-0.15, -0.1) is 27.0 Å². The number of hydrogen-bond acceptors (Lipinski definition) is 10. The van der Waals surface area contributed by atoms with Gasteiger partial charge in [0.1, 0.15) is 0 Å². The van der Waals surface area contributed by atoms with Crippen molar-refractivity contribution in [2.75, 3.05) is 15.8 Å². The summed E-state index contributed by atoms with van der Waals surface area (Å²) in [6.45, 7) is 7.03. The van der Waals surface area contributed by atoms with Gasteiger partial charge in [-0.2, -0.15) is 8.42 Å². The molecule has 9 nitrogen and oxygen atoms in total. The van der Waals surface area contributed by atoms with E-state index in [2.05, 4.69) is 37.0 Å². The molecule has 24 heavy (non-hydrogen) atoms. The molecule has 0 radical (unpaired) electrons. The van der Waals surface area contributed by atoms with Crippen LogP contribution in [-0.2, 0) is 14.8 Å². The number of nitrogens with one attached hydrogen (secondary N) is 2. The molecule has 2 rings (SSSR count). The number of hydrogen-bond donors (Lipinski definition) is 2. The van der Waals surface area contributed by atoms with Gasteiger partial charge < -0.3 is 5.32 Å². The fraction of sp³-hybridized carbons (Fsp3) is 0.364. The van der Waals surface area contributed by atoms with Crippen LogP contribution in [-0.4, -0.2) is 40.5 Å². The van der Waals surface area contributed by atoms with Gasteiger partial charge in [-0.05, 0) is 0 Å². The van der Waals surface area contributed by atoms with Crippen LogP contribution in [0, 0.1) is 5.92 Å². The number of amides is 1. The lowest BCUT2D eigenvalue weighted by molar-refractivity contribution is -0.118. The van der Waals surface area contributed by atoms with E-state index in [0.29, 0.717) is 10.1 Å². The Hall–Kier alpha value is -1.57. The third-order valence-corrected chi connectivity index (χ3v) is 6.99. The van der Waals surface area contributed by atoms with Crippen molar-refractivity contribution < 1.29 is 13.2 Å². The fourth-order valence-corrected chi connectivity index (χ4v) is 4.86. The van der Waals surface area contributed by atoms with Crippen LogP contribution in [0.2, 0.25) is 0 Å². The maximum Gasteiger partial charge on any atom is 0.293 e. The summed E-state index contributed by atoms with van der Waals surface area (Å²) < 4.78 is 27.2. The standard InChI is InChI=1S/C11H14N6O3S4/c1-4-5-21-10-15-14-9(22-10)17-24(19,20)11-16-13-8(23-11)12-7(18)6(2)3/h4,6H,1,5H2,2-3H3,(H,14,17)(H,12,13,18). The van der Waals surface area contributed by atoms with E-state index < -0.39 is 10.0 Å². The van der Waals surface area contributed by atoms with E-state index in [1.165, 1.54) is 11.8 Å². The van der Waals surface area contributed by atoms with Crippen molar-refractivity contribution >= 4 is 60.6 Å². The Bertz CT molecular complexity index is 828. The van der Waals surface area contributed by atoms with Gasteiger partial charge in [-0.25, -0.2) is 0 Å². The maximum absolute atomic E-state index is 12.3. The molecule has 1 amide bonds. The molecule has 2 heterocycles. The topological polar surface area (TPSA) is 127 Å². The minimum atomic E-state index is -3.93. The number of aromatic nitrogens is 4. The van der Waals surface area contributed by atoms with Crippen molar-refractivity contribution in [3.8, 4) is 0 Å². The van der Waals surface area contributed by atoms with Crippen LogP contribution < -0.4 is 10.0 Å². The Morgan fingerprint density at radius 1 is 1.25 bits per heavy atom. The van der Waals surface area contributed by atoms with Gasteiger partial charge in [0.2, 0.25) is 16.2 Å². The highest BCUT2D eigenvalue weighted by Gasteiger charge is 2.23. The number of carbonyl (C=O) groups excluding carboxylic acids is 1. The van der Waals surface area contributed by atoms with Gasteiger partial charge in [0.25, 0.3) is 14.4 Å². The lowest BCUT2D eigenvalue weighted by Crippen LogP contribution is -2.17. The summed E-state index contributed by atoms with van der Waals surface area (Å²) >= 11 is 3.26. The summed E-state index contributed by atoms with van der Waals surface area (Å²) in [5, 5.41) is 17.6. The molecule has 2 aromatic heterocycles. The molecular formula is C11H14N6O3S4. The average molecular weight is 407 g/mol. The molecular weight excluding hydrogens is 392 g/mol. The summed E-state index contributed by atoms with van der Waals surface area (Å²) in [6.07, 6.45) is 1.71. The first-order valence-corrected chi connectivity index (χ1v) is 10.7. The van der Waals surface area contributed by atoms with E-state index >= 15 is 0 Å². The summed E-state index contributed by atoms with van der Waals surface area (Å²) in [5.41, 5.74) is 0. The second-order valence-corrected chi connectivity index (χ2v) is 9.67. The molecule has 2 aromatic rings. The van der Waals surface area contributed by atoms with Gasteiger partial charge in [0.05, 0.1) is 0 Å². The van der Waals surface area contributed by atoms with Crippen molar-refractivity contribution in [2.24, 2.45) is 5.92 Å². The smallest absolute Gasteiger partial charge is 0.293 e. The average Bonchev–Trinajstić information content (AvgIpc) is 3.14. The highest BCUT2D eigenvalue weighted by atomic mass is 32.2. The molecule has 0 spiro atoms. The number of rotatable bonds is 8. The first-order valence-electron chi connectivity index (χ1n) is 6.56. The largest absolute Gasteiger partial charge is 0.300 e. The second-order valence-electron chi connectivity index (χ2n) is 4.60. The van der Waals surface area contributed by atoms with Gasteiger partial charge in [-0.1, -0.05) is 54.4 Å². The highest BCUT2D eigenvalue weighted by molar-refractivity contribution is 8.01. The summed E-state index contributed by atoms with van der Waals surface area (Å²) in [6, 6.07) is 0. The zero-order valence-corrected chi connectivity index (χ0v) is 16.0. The molecule has 0 fully saturated rings. The third kappa shape index (κ3) is 4.96. The highest BCUT2D eigenvalue weighted by Crippen LogP contribution is 2.28. The van der Waals surface area contributed by atoms with Crippen LogP contribution in [0.15, 0.2) is 21.3 Å². The molecule has 13 heteroatoms. The Kier molecular flexibility index (Phi) is 6.26. The molecule has 0 aliphatic carbocycles. The molecule has 0 bridgehead atoms. The predicted molar refractivity (Wildman–Crippen MR) is 95.0 cm³/mol. The van der Waals surface area contributed by atoms with E-state index in [0.717, 1.165) is 22.7 Å². The maximum atomic E-state index is 12.3. The normalized spacial score (nSPS) is 11.5. The van der Waals surface area contributed by atoms with Crippen molar-refractivity contribution in [2.45, 2.75) is 22.5 Å². The fourth-order valence-electron chi connectivity index (χ4n) is 1.22. The van der Waals surface area contributed by atoms with Gasteiger partial charge in [0, 0.05) is 11.7 Å². The van der Waals surface area contributed by atoms with Crippen molar-refractivity contribution in [3.63, 3.8) is 0 Å². The van der Waals surface area contributed by atoms with E-state index in [1.54, 1.807) is 19.9 Å². The Morgan fingerprint density at radius 2 is 1.96 bits per heavy atom. The lowest BCUT2D eigenvalue weighted by Gasteiger charge is -2.02. The van der Waals surface area contributed by atoms with Crippen LogP contribution in [0.3, 0.4) is 0 Å². The second kappa shape index (κ2) is 8.00. The number of carbonyl (C=O) groups is 1. The van der Waals surface area contributed by atoms with Crippen molar-refractivity contribution in [1.29, 1.82) is 0 Å². The lowest BCUT2D eigenvalue weighted by atomic mass is 10.2. The first kappa shape index (κ1) is 18.8. The Labute approximate surface area is 151 Å². The zero-order chi connectivity index (χ0) is 17.7. The van der Waals surface area contributed by atoms with Crippen molar-refractivity contribution in [1.82, 2.24) is 20.4 Å². The number of thioether (sulfide) groups is 1. The van der Waals surface area contributed by atoms with E-state index in [4.69, 9.17) is 0 Å². The predicted octanol–water partition coefficient (Wildman–Crippen LogP) is 2.06. The minimum Gasteiger partial charge on any atom is -0.300 e. The molecule has 0 aliphatic heterocycles. The number of anilines is 2. The van der Waals surface area contributed by atoms with E-state index in [9.17, 15) is 13.2 Å². The zero-order valence-electron chi connectivity index (χ0n) is 12.7. The summed E-state index contributed by atoms with van der Waals surface area (Å²) in [5.74, 6) is 0.132. The molecule has 2 N–H and O–H groups in total. The molecule has 0 atom stereocenters. The van der Waals surface area contributed by atoms with Gasteiger partial charge >= 0.3 is 0 Å². The minimum absolute atomic E-state index is 0.119. The van der Waals surface area contributed by atoms with Crippen LogP contribution in [0.4, 0.5) is 10.3 Å². The van der Waals surface area contributed by atoms with E-state index in [1.807, 2.05) is 0 Å². The number of sulfonamides is 1. The van der Waals surface area contributed by atoms with Crippen molar-refractivity contribution in [3.05, 3.63) is 12.7 Å². The molecule has 0 saturated carbocycles. The Balaban J connectivity index is 2.07. The van der Waals surface area contributed by atoms with Gasteiger partial charge in [-0.3, -0.25) is 9.52 Å². The molecule has 0 unspecified atom stereocenters. The first-order chi connectivity index (χ1) is 11.3.